The standard InChI is InChI=1S/C9H10BrNO3/c1-2-14-9(13)5-3-8(12)6(10)4-7(5)11/h3-4,12H,2,11H2,1H3. The van der Waals surface area contributed by atoms with Gasteiger partial charge >= 0.3 is 5.97 Å². The Hall–Kier alpha value is -1.23. The van der Waals surface area contributed by atoms with Crippen molar-refractivity contribution in [3.8, 4) is 5.75 Å². The van der Waals surface area contributed by atoms with Crippen molar-refractivity contribution in [1.29, 1.82) is 0 Å². The van der Waals surface area contributed by atoms with Gasteiger partial charge in [0.05, 0.1) is 16.6 Å². The molecule has 4 nitrogen and oxygen atoms in total. The lowest BCUT2D eigenvalue weighted by atomic mass is 10.2. The number of nitrogen functional groups attached to an aromatic ring is 1. The number of hydrogen-bond acceptors (Lipinski definition) is 4. The van der Waals surface area contributed by atoms with Crippen molar-refractivity contribution >= 4 is 27.6 Å². The van der Waals surface area contributed by atoms with Crippen LogP contribution >= 0.6 is 15.9 Å². The van der Waals surface area contributed by atoms with E-state index in [4.69, 9.17) is 10.5 Å². The Morgan fingerprint density at radius 3 is 2.86 bits per heavy atom. The molecule has 76 valence electrons. The summed E-state index contributed by atoms with van der Waals surface area (Å²) in [5.74, 6) is -0.574. The highest BCUT2D eigenvalue weighted by Crippen LogP contribution is 2.29. The summed E-state index contributed by atoms with van der Waals surface area (Å²) >= 11 is 3.09. The molecule has 0 aliphatic heterocycles. The summed E-state index contributed by atoms with van der Waals surface area (Å²) in [4.78, 5) is 11.3. The summed E-state index contributed by atoms with van der Waals surface area (Å²) in [5, 5.41) is 9.33. The van der Waals surface area contributed by atoms with Crippen molar-refractivity contribution in [3.63, 3.8) is 0 Å². The monoisotopic (exact) mass is 259 g/mol. The molecule has 0 bridgehead atoms. The van der Waals surface area contributed by atoms with Gasteiger partial charge in [-0.2, -0.15) is 0 Å². The number of carbonyl (C=O) groups excluding carboxylic acids is 1. The van der Waals surface area contributed by atoms with Crippen LogP contribution in [0.3, 0.4) is 0 Å². The fraction of sp³-hybridized carbons (Fsp3) is 0.222. The number of ether oxygens (including phenoxy) is 1. The van der Waals surface area contributed by atoms with Crippen LogP contribution in [0.1, 0.15) is 17.3 Å². The van der Waals surface area contributed by atoms with Crippen molar-refractivity contribution in [3.05, 3.63) is 22.2 Å². The van der Waals surface area contributed by atoms with Gasteiger partial charge in [-0.05, 0) is 35.0 Å². The molecule has 0 aliphatic carbocycles. The maximum Gasteiger partial charge on any atom is 0.340 e. The molecule has 1 aromatic rings. The molecule has 0 aromatic heterocycles. The first-order valence-electron chi connectivity index (χ1n) is 4.01. The Labute approximate surface area is 89.8 Å². The molecule has 14 heavy (non-hydrogen) atoms. The normalized spacial score (nSPS) is 9.86. The van der Waals surface area contributed by atoms with Crippen LogP contribution in [-0.2, 0) is 4.74 Å². The molecule has 0 radical (unpaired) electrons. The van der Waals surface area contributed by atoms with E-state index in [9.17, 15) is 9.90 Å². The molecule has 0 amide bonds. The quantitative estimate of drug-likeness (QED) is 0.484. The number of carbonyl (C=O) groups is 1. The number of phenols is 1. The first-order chi connectivity index (χ1) is 6.56. The minimum Gasteiger partial charge on any atom is -0.507 e. The Kier molecular flexibility index (Phi) is 3.35. The van der Waals surface area contributed by atoms with E-state index in [1.807, 2.05) is 0 Å². The van der Waals surface area contributed by atoms with Crippen molar-refractivity contribution in [2.24, 2.45) is 0 Å². The van der Waals surface area contributed by atoms with Crippen molar-refractivity contribution < 1.29 is 14.6 Å². The molecule has 3 N–H and O–H groups in total. The van der Waals surface area contributed by atoms with Crippen LogP contribution in [-0.4, -0.2) is 17.7 Å². The van der Waals surface area contributed by atoms with E-state index in [1.54, 1.807) is 6.92 Å². The van der Waals surface area contributed by atoms with Crippen LogP contribution in [0.5, 0.6) is 5.75 Å². The van der Waals surface area contributed by atoms with E-state index in [0.29, 0.717) is 4.47 Å². The van der Waals surface area contributed by atoms with Gasteiger partial charge in [-0.15, -0.1) is 0 Å². The lowest BCUT2D eigenvalue weighted by Crippen LogP contribution is -2.07. The molecule has 0 fully saturated rings. The lowest BCUT2D eigenvalue weighted by molar-refractivity contribution is 0.0527. The molecule has 0 spiro atoms. The smallest absolute Gasteiger partial charge is 0.340 e. The van der Waals surface area contributed by atoms with Crippen molar-refractivity contribution in [1.82, 2.24) is 0 Å². The zero-order valence-electron chi connectivity index (χ0n) is 7.58. The van der Waals surface area contributed by atoms with Gasteiger partial charge in [0.1, 0.15) is 5.75 Å². The third kappa shape index (κ3) is 2.17. The summed E-state index contributed by atoms with van der Waals surface area (Å²) in [7, 11) is 0. The number of rotatable bonds is 2. The second-order valence-electron chi connectivity index (χ2n) is 2.61. The SMILES string of the molecule is CCOC(=O)c1cc(O)c(Br)cc1N. The van der Waals surface area contributed by atoms with Gasteiger partial charge in [0.2, 0.25) is 0 Å². The van der Waals surface area contributed by atoms with Gasteiger partial charge in [0.25, 0.3) is 0 Å². The van der Waals surface area contributed by atoms with Crippen LogP contribution in [0.25, 0.3) is 0 Å². The number of benzene rings is 1. The maximum atomic E-state index is 11.3. The van der Waals surface area contributed by atoms with Crippen molar-refractivity contribution in [2.45, 2.75) is 6.92 Å². The van der Waals surface area contributed by atoms with Crippen LogP contribution in [0, 0.1) is 0 Å². The third-order valence-electron chi connectivity index (χ3n) is 1.61. The van der Waals surface area contributed by atoms with E-state index >= 15 is 0 Å². The molecule has 0 saturated carbocycles. The molecular formula is C9H10BrNO3. The van der Waals surface area contributed by atoms with Gasteiger partial charge in [-0.1, -0.05) is 0 Å². The zero-order valence-corrected chi connectivity index (χ0v) is 9.17. The molecule has 0 aliphatic rings. The van der Waals surface area contributed by atoms with Crippen LogP contribution < -0.4 is 5.73 Å². The molecule has 1 aromatic carbocycles. The van der Waals surface area contributed by atoms with Gasteiger partial charge in [0, 0.05) is 5.69 Å². The maximum absolute atomic E-state index is 11.3. The first kappa shape index (κ1) is 10.8. The average molecular weight is 260 g/mol. The minimum atomic E-state index is -0.534. The highest BCUT2D eigenvalue weighted by molar-refractivity contribution is 9.10. The number of esters is 1. The fourth-order valence-corrected chi connectivity index (χ4v) is 1.32. The summed E-state index contributed by atoms with van der Waals surface area (Å²) < 4.78 is 5.21. The van der Waals surface area contributed by atoms with Gasteiger partial charge < -0.3 is 15.6 Å². The summed E-state index contributed by atoms with van der Waals surface area (Å²) in [6.45, 7) is 1.97. The molecule has 5 heteroatoms. The topological polar surface area (TPSA) is 72.5 Å². The van der Waals surface area contributed by atoms with Gasteiger partial charge in [-0.3, -0.25) is 0 Å². The number of nitrogens with two attached hydrogens (primary N) is 1. The highest BCUT2D eigenvalue weighted by Gasteiger charge is 2.13. The van der Waals surface area contributed by atoms with E-state index < -0.39 is 5.97 Å². The van der Waals surface area contributed by atoms with E-state index in [0.717, 1.165) is 0 Å². The molecular weight excluding hydrogens is 250 g/mol. The number of halogens is 1. The number of hydrogen-bond donors (Lipinski definition) is 2. The molecule has 0 heterocycles. The van der Waals surface area contributed by atoms with E-state index in [1.165, 1.54) is 12.1 Å². The summed E-state index contributed by atoms with van der Waals surface area (Å²) in [6, 6.07) is 2.74. The zero-order chi connectivity index (χ0) is 10.7. The van der Waals surface area contributed by atoms with Crippen LogP contribution in [0.2, 0.25) is 0 Å². The van der Waals surface area contributed by atoms with E-state index in [-0.39, 0.29) is 23.6 Å². The second-order valence-corrected chi connectivity index (χ2v) is 3.47. The lowest BCUT2D eigenvalue weighted by Gasteiger charge is -2.06. The molecule has 1 rings (SSSR count). The van der Waals surface area contributed by atoms with Crippen LogP contribution in [0.4, 0.5) is 5.69 Å². The highest BCUT2D eigenvalue weighted by atomic mass is 79.9. The molecule has 0 unspecified atom stereocenters. The Balaban J connectivity index is 3.09. The summed E-state index contributed by atoms with van der Waals surface area (Å²) in [6.07, 6.45) is 0. The third-order valence-corrected chi connectivity index (χ3v) is 2.25. The van der Waals surface area contributed by atoms with E-state index in [2.05, 4.69) is 15.9 Å². The largest absolute Gasteiger partial charge is 0.507 e. The first-order valence-corrected chi connectivity index (χ1v) is 4.80. The van der Waals surface area contributed by atoms with Gasteiger partial charge in [0.15, 0.2) is 0 Å². The Morgan fingerprint density at radius 1 is 1.64 bits per heavy atom. The Bertz CT molecular complexity index is 365. The second kappa shape index (κ2) is 4.32. The number of phenolic OH excluding ortho intramolecular Hbond substituents is 1. The Morgan fingerprint density at radius 2 is 2.29 bits per heavy atom. The summed E-state index contributed by atoms with van der Waals surface area (Å²) in [5.41, 5.74) is 6.02. The molecule has 0 saturated heterocycles. The van der Waals surface area contributed by atoms with Gasteiger partial charge in [-0.25, -0.2) is 4.79 Å². The predicted molar refractivity (Wildman–Crippen MR) is 56.2 cm³/mol. The predicted octanol–water partition coefficient (Wildman–Crippen LogP) is 1.91. The minimum absolute atomic E-state index is 0.0396. The number of aromatic hydroxyl groups is 1. The van der Waals surface area contributed by atoms with Crippen molar-refractivity contribution in [2.75, 3.05) is 12.3 Å². The molecule has 0 atom stereocenters. The van der Waals surface area contributed by atoms with Crippen LogP contribution in [0.15, 0.2) is 16.6 Å². The fourth-order valence-electron chi connectivity index (χ4n) is 0.963. The number of anilines is 1. The average Bonchev–Trinajstić information content (AvgIpc) is 2.11.